The second-order valence-electron chi connectivity index (χ2n) is 21.4. The maximum absolute atomic E-state index is 13.0. The van der Waals surface area contributed by atoms with Crippen molar-refractivity contribution in [3.05, 3.63) is 48.6 Å². The Morgan fingerprint density at radius 3 is 1.43 bits per heavy atom. The molecule has 0 saturated carbocycles. The highest BCUT2D eigenvalue weighted by Gasteiger charge is 2.44. The molecule has 0 aromatic carbocycles. The fourth-order valence-corrected chi connectivity index (χ4v) is 9.48. The summed E-state index contributed by atoms with van der Waals surface area (Å²) in [6, 6.07) is -0.831. The van der Waals surface area contributed by atoms with E-state index in [9.17, 15) is 35.1 Å². The van der Waals surface area contributed by atoms with Gasteiger partial charge < -0.3 is 45.1 Å². The van der Waals surface area contributed by atoms with Gasteiger partial charge >= 0.3 is 5.97 Å². The van der Waals surface area contributed by atoms with Gasteiger partial charge in [0, 0.05) is 12.8 Å². The molecule has 6 N–H and O–H groups in total. The number of aliphatic hydroxyl groups is 5. The van der Waals surface area contributed by atoms with Gasteiger partial charge in [-0.15, -0.1) is 0 Å². The van der Waals surface area contributed by atoms with Crippen molar-refractivity contribution in [1.82, 2.24) is 5.32 Å². The van der Waals surface area contributed by atoms with E-state index in [2.05, 4.69) is 55.6 Å². The molecule has 1 aliphatic rings. The van der Waals surface area contributed by atoms with Crippen LogP contribution in [0.2, 0.25) is 0 Å². The van der Waals surface area contributed by atoms with Crippen molar-refractivity contribution in [3.63, 3.8) is 0 Å². The highest BCUT2D eigenvalue weighted by molar-refractivity contribution is 5.76. The van der Waals surface area contributed by atoms with E-state index in [4.69, 9.17) is 14.2 Å². The Morgan fingerprint density at radius 1 is 0.500 bits per heavy atom. The first-order valence-corrected chi connectivity index (χ1v) is 30.9. The lowest BCUT2D eigenvalue weighted by atomic mass is 9.99. The molecule has 0 bridgehead atoms. The number of carbonyl (C=O) groups is 2. The molecule has 1 aliphatic heterocycles. The third kappa shape index (κ3) is 41.7. The molecule has 0 aromatic rings. The SMILES string of the molecule is CCCCCC/C=C/CC/C=C/C(O)C(COC1OC(CO)C(O)C(O)C1O)NC(=O)CCCCCCCCCCC/C=C\C/C=C\CCCCCCCCCCCOC(=O)CCCCCCCCCCCCC. The lowest BCUT2D eigenvalue weighted by Crippen LogP contribution is -2.60. The molecular weight excluding hydrogens is 931 g/mol. The van der Waals surface area contributed by atoms with Crippen molar-refractivity contribution in [2.75, 3.05) is 19.8 Å². The lowest BCUT2D eigenvalue weighted by molar-refractivity contribution is -0.302. The zero-order valence-corrected chi connectivity index (χ0v) is 47.6. The number of unbranched alkanes of at least 4 members (excludes halogenated alkanes) is 33. The number of nitrogens with one attached hydrogen (secondary N) is 1. The molecule has 1 fully saturated rings. The van der Waals surface area contributed by atoms with E-state index >= 15 is 0 Å². The van der Waals surface area contributed by atoms with E-state index in [1.54, 1.807) is 6.08 Å². The van der Waals surface area contributed by atoms with E-state index in [-0.39, 0.29) is 18.5 Å². The van der Waals surface area contributed by atoms with E-state index in [1.165, 1.54) is 167 Å². The third-order valence-electron chi connectivity index (χ3n) is 14.4. The minimum atomic E-state index is -1.58. The first-order chi connectivity index (χ1) is 36.2. The first kappa shape index (κ1) is 69.6. The van der Waals surface area contributed by atoms with Crippen LogP contribution in [0.25, 0.3) is 0 Å². The number of amides is 1. The minimum absolute atomic E-state index is 0.00276. The normalized spacial score (nSPS) is 19.1. The van der Waals surface area contributed by atoms with E-state index < -0.39 is 49.5 Å². The molecule has 1 saturated heterocycles. The predicted molar refractivity (Wildman–Crippen MR) is 306 cm³/mol. The Kier molecular flexibility index (Phi) is 49.6. The van der Waals surface area contributed by atoms with Crippen LogP contribution in [0.1, 0.15) is 277 Å². The molecule has 432 valence electrons. The van der Waals surface area contributed by atoms with Crippen LogP contribution in [0, 0.1) is 0 Å². The maximum Gasteiger partial charge on any atom is 0.305 e. The number of hydrogen-bond donors (Lipinski definition) is 6. The molecule has 0 aromatic heterocycles. The van der Waals surface area contributed by atoms with Crippen molar-refractivity contribution in [2.24, 2.45) is 0 Å². The summed E-state index contributed by atoms with van der Waals surface area (Å²) in [6.45, 7) is 4.28. The van der Waals surface area contributed by atoms with E-state index in [0.29, 0.717) is 19.4 Å². The zero-order valence-electron chi connectivity index (χ0n) is 47.6. The van der Waals surface area contributed by atoms with Gasteiger partial charge in [0.05, 0.1) is 32.0 Å². The largest absolute Gasteiger partial charge is 0.466 e. The standard InChI is InChI=1S/C63H115NO10/c1-3-5-7-9-11-13-30-35-39-43-47-51-59(68)72-52-48-44-40-36-32-29-27-25-23-21-19-17-15-16-18-20-22-24-26-28-31-34-38-42-46-50-58(67)64-55(54-73-63-62(71)61(70)60(69)57(53-65)74-63)56(66)49-45-41-37-33-14-12-10-8-6-4-2/h14,16-19,33,45,49,55-57,60-63,65-66,69-71H,3-13,15,20-32,34-44,46-48,50-54H2,1-2H3,(H,64,67)/b18-16-,19-17-,33-14+,49-45+. The fraction of sp³-hybridized carbons (Fsp3) is 0.841. The van der Waals surface area contributed by atoms with Gasteiger partial charge in [0.1, 0.15) is 24.4 Å². The Labute approximate surface area is 453 Å². The molecule has 74 heavy (non-hydrogen) atoms. The van der Waals surface area contributed by atoms with Crippen LogP contribution in [0.4, 0.5) is 0 Å². The number of rotatable bonds is 53. The smallest absolute Gasteiger partial charge is 0.305 e. The average Bonchev–Trinajstić information content (AvgIpc) is 3.40. The van der Waals surface area contributed by atoms with Crippen LogP contribution in [0.5, 0.6) is 0 Å². The topological polar surface area (TPSA) is 175 Å². The molecular formula is C63H115NO10. The molecule has 7 atom stereocenters. The number of carbonyl (C=O) groups excluding carboxylic acids is 2. The van der Waals surface area contributed by atoms with Crippen LogP contribution in [-0.4, -0.2) is 100 Å². The predicted octanol–water partition coefficient (Wildman–Crippen LogP) is 14.5. The number of aliphatic hydroxyl groups excluding tert-OH is 5. The van der Waals surface area contributed by atoms with Gasteiger partial charge in [-0.25, -0.2) is 0 Å². The van der Waals surface area contributed by atoms with Crippen molar-refractivity contribution in [1.29, 1.82) is 0 Å². The van der Waals surface area contributed by atoms with Gasteiger partial charge in [-0.05, 0) is 77.0 Å². The summed E-state index contributed by atoms with van der Waals surface area (Å²) in [5.74, 6) is -0.203. The first-order valence-electron chi connectivity index (χ1n) is 30.9. The summed E-state index contributed by atoms with van der Waals surface area (Å²) in [5, 5.41) is 54.2. The summed E-state index contributed by atoms with van der Waals surface area (Å²) in [7, 11) is 0. The maximum atomic E-state index is 13.0. The van der Waals surface area contributed by atoms with Gasteiger partial charge in [-0.2, -0.15) is 0 Å². The van der Waals surface area contributed by atoms with Crippen LogP contribution < -0.4 is 5.32 Å². The van der Waals surface area contributed by atoms with Gasteiger partial charge in [0.15, 0.2) is 6.29 Å². The Hall–Kier alpha value is -2.38. The van der Waals surface area contributed by atoms with Gasteiger partial charge in [-0.1, -0.05) is 236 Å². The van der Waals surface area contributed by atoms with Crippen LogP contribution in [0.15, 0.2) is 48.6 Å². The molecule has 1 amide bonds. The van der Waals surface area contributed by atoms with E-state index in [1.807, 2.05) is 6.08 Å². The molecule has 0 radical (unpaired) electrons. The summed E-state index contributed by atoms with van der Waals surface area (Å²) in [5.41, 5.74) is 0. The Balaban J connectivity index is 2.04. The lowest BCUT2D eigenvalue weighted by Gasteiger charge is -2.40. The van der Waals surface area contributed by atoms with Gasteiger partial charge in [0.2, 0.25) is 5.91 Å². The molecule has 1 rings (SSSR count). The second kappa shape index (κ2) is 52.7. The van der Waals surface area contributed by atoms with Gasteiger partial charge in [-0.3, -0.25) is 9.59 Å². The summed E-state index contributed by atoms with van der Waals surface area (Å²) in [6.07, 6.45) is 56.5. The van der Waals surface area contributed by atoms with Crippen molar-refractivity contribution in [2.45, 2.75) is 320 Å². The zero-order chi connectivity index (χ0) is 53.8. The highest BCUT2D eigenvalue weighted by atomic mass is 16.7. The molecule has 1 heterocycles. The van der Waals surface area contributed by atoms with Crippen LogP contribution in [0.3, 0.4) is 0 Å². The van der Waals surface area contributed by atoms with Crippen molar-refractivity contribution < 1.29 is 49.3 Å². The average molecular weight is 1050 g/mol. The number of allylic oxidation sites excluding steroid dienone is 7. The van der Waals surface area contributed by atoms with Crippen molar-refractivity contribution >= 4 is 11.9 Å². The fourth-order valence-electron chi connectivity index (χ4n) is 9.48. The number of ether oxygens (including phenoxy) is 3. The van der Waals surface area contributed by atoms with Crippen molar-refractivity contribution in [3.8, 4) is 0 Å². The monoisotopic (exact) mass is 1050 g/mol. The van der Waals surface area contributed by atoms with Crippen LogP contribution >= 0.6 is 0 Å². The summed E-state index contributed by atoms with van der Waals surface area (Å²) < 4.78 is 16.7. The quantitative estimate of drug-likeness (QED) is 0.0195. The summed E-state index contributed by atoms with van der Waals surface area (Å²) >= 11 is 0. The number of esters is 1. The molecule has 11 nitrogen and oxygen atoms in total. The summed E-state index contributed by atoms with van der Waals surface area (Å²) in [4.78, 5) is 25.0. The minimum Gasteiger partial charge on any atom is -0.466 e. The Bertz CT molecular complexity index is 1370. The molecule has 11 heteroatoms. The molecule has 0 aliphatic carbocycles. The third-order valence-corrected chi connectivity index (χ3v) is 14.4. The van der Waals surface area contributed by atoms with Crippen LogP contribution in [-0.2, 0) is 23.8 Å². The molecule has 7 unspecified atom stereocenters. The van der Waals surface area contributed by atoms with E-state index in [0.717, 1.165) is 83.5 Å². The highest BCUT2D eigenvalue weighted by Crippen LogP contribution is 2.23. The Morgan fingerprint density at radius 2 is 0.919 bits per heavy atom. The number of hydrogen-bond acceptors (Lipinski definition) is 10. The molecule has 0 spiro atoms. The second-order valence-corrected chi connectivity index (χ2v) is 21.4. The van der Waals surface area contributed by atoms with Gasteiger partial charge in [0.25, 0.3) is 0 Å².